The fourth-order valence-corrected chi connectivity index (χ4v) is 1.96. The molecule has 0 heterocycles. The Morgan fingerprint density at radius 1 is 1.41 bits per heavy atom. The van der Waals surface area contributed by atoms with Gasteiger partial charge < -0.3 is 14.9 Å². The fourth-order valence-electron chi connectivity index (χ4n) is 1.74. The molecule has 1 unspecified atom stereocenters. The minimum atomic E-state index is -0.588. The van der Waals surface area contributed by atoms with E-state index in [1.807, 2.05) is 19.9 Å². The normalized spacial score (nSPS) is 12.5. The molecule has 2 N–H and O–H groups in total. The zero-order valence-corrected chi connectivity index (χ0v) is 11.0. The van der Waals surface area contributed by atoms with E-state index in [4.69, 9.17) is 21.4 Å². The molecular weight excluding hydrogens is 240 g/mol. The van der Waals surface area contributed by atoms with Crippen LogP contribution < -0.4 is 4.74 Å². The summed E-state index contributed by atoms with van der Waals surface area (Å²) in [6.07, 6.45) is 0.517. The molecule has 0 fully saturated rings. The molecule has 17 heavy (non-hydrogen) atoms. The van der Waals surface area contributed by atoms with Gasteiger partial charge in [-0.05, 0) is 49.9 Å². The van der Waals surface area contributed by atoms with Crippen molar-refractivity contribution in [3.8, 4) is 5.75 Å². The maximum atomic E-state index is 9.97. The maximum Gasteiger partial charge on any atom is 0.138 e. The van der Waals surface area contributed by atoms with Gasteiger partial charge in [-0.3, -0.25) is 0 Å². The number of benzene rings is 1. The van der Waals surface area contributed by atoms with E-state index in [0.29, 0.717) is 30.2 Å². The van der Waals surface area contributed by atoms with E-state index >= 15 is 0 Å². The van der Waals surface area contributed by atoms with Crippen molar-refractivity contribution in [2.45, 2.75) is 32.8 Å². The monoisotopic (exact) mass is 258 g/mol. The van der Waals surface area contributed by atoms with Crippen LogP contribution in [0.4, 0.5) is 0 Å². The van der Waals surface area contributed by atoms with Crippen LogP contribution in [0.3, 0.4) is 0 Å². The highest BCUT2D eigenvalue weighted by molar-refractivity contribution is 6.32. The molecule has 0 saturated heterocycles. The number of halogens is 1. The number of hydrogen-bond donors (Lipinski definition) is 2. The van der Waals surface area contributed by atoms with Gasteiger partial charge in [-0.15, -0.1) is 0 Å². The van der Waals surface area contributed by atoms with Gasteiger partial charge in [-0.2, -0.15) is 0 Å². The van der Waals surface area contributed by atoms with Crippen LogP contribution in [0.5, 0.6) is 5.75 Å². The summed E-state index contributed by atoms with van der Waals surface area (Å²) in [6, 6.07) is 3.58. The smallest absolute Gasteiger partial charge is 0.138 e. The molecule has 1 aromatic rings. The zero-order chi connectivity index (χ0) is 12.8. The number of aliphatic hydroxyl groups excluding tert-OH is 2. The molecule has 1 aromatic carbocycles. The summed E-state index contributed by atoms with van der Waals surface area (Å²) < 4.78 is 5.38. The molecule has 0 aliphatic rings. The average Bonchev–Trinajstić information content (AvgIpc) is 2.30. The summed E-state index contributed by atoms with van der Waals surface area (Å²) in [4.78, 5) is 0. The molecule has 0 saturated carbocycles. The van der Waals surface area contributed by atoms with Crippen LogP contribution in [0.15, 0.2) is 12.1 Å². The number of aliphatic hydroxyl groups is 2. The first-order valence-electron chi connectivity index (χ1n) is 5.81. The van der Waals surface area contributed by atoms with Crippen molar-refractivity contribution in [1.82, 2.24) is 0 Å². The third-order valence-corrected chi connectivity index (χ3v) is 2.91. The van der Waals surface area contributed by atoms with E-state index in [1.54, 1.807) is 6.07 Å². The van der Waals surface area contributed by atoms with E-state index in [1.165, 1.54) is 0 Å². The van der Waals surface area contributed by atoms with Gasteiger partial charge in [0.05, 0.1) is 17.7 Å². The lowest BCUT2D eigenvalue weighted by Crippen LogP contribution is -2.03. The van der Waals surface area contributed by atoms with E-state index in [9.17, 15) is 5.11 Å². The molecule has 0 aromatic heterocycles. The van der Waals surface area contributed by atoms with Gasteiger partial charge in [-0.1, -0.05) is 11.6 Å². The van der Waals surface area contributed by atoms with Gasteiger partial charge in [-0.25, -0.2) is 0 Å². The Balaban J connectivity index is 2.90. The lowest BCUT2D eigenvalue weighted by atomic mass is 10.00. The van der Waals surface area contributed by atoms with Gasteiger partial charge in [0.2, 0.25) is 0 Å². The molecule has 3 nitrogen and oxygen atoms in total. The highest BCUT2D eigenvalue weighted by Gasteiger charge is 2.13. The third-order valence-electron chi connectivity index (χ3n) is 2.62. The summed E-state index contributed by atoms with van der Waals surface area (Å²) in [7, 11) is 0. The standard InChI is InChI=1S/C13H19ClO3/c1-3-17-13-7-9(2)10(8-11(13)14)12(16)5-4-6-15/h7-8,12,15-16H,3-6H2,1-2H3. The predicted molar refractivity (Wildman–Crippen MR) is 68.6 cm³/mol. The zero-order valence-electron chi connectivity index (χ0n) is 10.2. The fraction of sp³-hybridized carbons (Fsp3) is 0.538. The Morgan fingerprint density at radius 3 is 2.71 bits per heavy atom. The molecule has 0 spiro atoms. The van der Waals surface area contributed by atoms with Crippen molar-refractivity contribution in [2.75, 3.05) is 13.2 Å². The van der Waals surface area contributed by atoms with Crippen molar-refractivity contribution in [3.05, 3.63) is 28.3 Å². The second kappa shape index (κ2) is 6.84. The number of aryl methyl sites for hydroxylation is 1. The molecule has 0 radical (unpaired) electrons. The maximum absolute atomic E-state index is 9.97. The van der Waals surface area contributed by atoms with Crippen molar-refractivity contribution >= 4 is 11.6 Å². The van der Waals surface area contributed by atoms with Gasteiger partial charge in [0.25, 0.3) is 0 Å². The average molecular weight is 259 g/mol. The lowest BCUT2D eigenvalue weighted by molar-refractivity contribution is 0.151. The Bertz CT molecular complexity index is 366. The van der Waals surface area contributed by atoms with Crippen LogP contribution in [0.1, 0.15) is 37.0 Å². The van der Waals surface area contributed by atoms with Crippen molar-refractivity contribution in [3.63, 3.8) is 0 Å². The van der Waals surface area contributed by atoms with Gasteiger partial charge >= 0.3 is 0 Å². The van der Waals surface area contributed by atoms with Crippen LogP contribution in [-0.4, -0.2) is 23.4 Å². The van der Waals surface area contributed by atoms with Crippen LogP contribution in [-0.2, 0) is 0 Å². The van der Waals surface area contributed by atoms with Gasteiger partial charge in [0.1, 0.15) is 5.75 Å². The van der Waals surface area contributed by atoms with Gasteiger partial charge in [0.15, 0.2) is 0 Å². The Hall–Kier alpha value is -0.770. The quantitative estimate of drug-likeness (QED) is 0.825. The van der Waals surface area contributed by atoms with E-state index in [-0.39, 0.29) is 6.61 Å². The van der Waals surface area contributed by atoms with Crippen molar-refractivity contribution in [1.29, 1.82) is 0 Å². The Morgan fingerprint density at radius 2 is 2.12 bits per heavy atom. The van der Waals surface area contributed by atoms with E-state index in [2.05, 4.69) is 0 Å². The number of rotatable bonds is 6. The van der Waals surface area contributed by atoms with Crippen molar-refractivity contribution < 1.29 is 14.9 Å². The summed E-state index contributed by atoms with van der Waals surface area (Å²) in [5.74, 6) is 0.643. The van der Waals surface area contributed by atoms with Gasteiger partial charge in [0, 0.05) is 6.61 Å². The minimum Gasteiger partial charge on any atom is -0.492 e. The molecule has 96 valence electrons. The third kappa shape index (κ3) is 3.87. The predicted octanol–water partition coefficient (Wildman–Crippen LogP) is 2.85. The second-order valence-electron chi connectivity index (χ2n) is 3.95. The molecule has 0 amide bonds. The minimum absolute atomic E-state index is 0.0842. The summed E-state index contributed by atoms with van der Waals surface area (Å²) in [5.41, 5.74) is 1.75. The first-order valence-corrected chi connectivity index (χ1v) is 6.19. The highest BCUT2D eigenvalue weighted by Crippen LogP contribution is 2.32. The SMILES string of the molecule is CCOc1cc(C)c(C(O)CCCO)cc1Cl. The molecular formula is C13H19ClO3. The second-order valence-corrected chi connectivity index (χ2v) is 4.36. The summed E-state index contributed by atoms with van der Waals surface area (Å²) in [5, 5.41) is 19.2. The summed E-state index contributed by atoms with van der Waals surface area (Å²) in [6.45, 7) is 4.46. The Kier molecular flexibility index (Phi) is 5.75. The molecule has 0 aliphatic heterocycles. The van der Waals surface area contributed by atoms with Crippen LogP contribution in [0, 0.1) is 6.92 Å². The van der Waals surface area contributed by atoms with Crippen LogP contribution in [0.25, 0.3) is 0 Å². The topological polar surface area (TPSA) is 49.7 Å². The first-order chi connectivity index (χ1) is 8.10. The van der Waals surface area contributed by atoms with E-state index < -0.39 is 6.10 Å². The number of hydrogen-bond acceptors (Lipinski definition) is 3. The summed E-state index contributed by atoms with van der Waals surface area (Å²) >= 11 is 6.07. The number of ether oxygens (including phenoxy) is 1. The Labute approximate surface area is 107 Å². The van der Waals surface area contributed by atoms with E-state index in [0.717, 1.165) is 11.1 Å². The molecule has 1 rings (SSSR count). The molecule has 1 atom stereocenters. The molecule has 0 bridgehead atoms. The lowest BCUT2D eigenvalue weighted by Gasteiger charge is -2.16. The van der Waals surface area contributed by atoms with Crippen molar-refractivity contribution in [2.24, 2.45) is 0 Å². The largest absolute Gasteiger partial charge is 0.492 e. The van der Waals surface area contributed by atoms with Crippen LogP contribution in [0.2, 0.25) is 5.02 Å². The highest BCUT2D eigenvalue weighted by atomic mass is 35.5. The molecule has 4 heteroatoms. The first kappa shape index (κ1) is 14.3. The van der Waals surface area contributed by atoms with Crippen LogP contribution >= 0.6 is 11.6 Å². The molecule has 0 aliphatic carbocycles.